The summed E-state index contributed by atoms with van der Waals surface area (Å²) in [7, 11) is 0. The summed E-state index contributed by atoms with van der Waals surface area (Å²) in [4.78, 5) is 10.1. The standard InChI is InChI=1S/C7H13O2/c1-6(2)9-7(3,4)5-8/h6H,1-4H3. The lowest BCUT2D eigenvalue weighted by Crippen LogP contribution is -2.29. The van der Waals surface area contributed by atoms with Crippen LogP contribution < -0.4 is 0 Å². The van der Waals surface area contributed by atoms with E-state index in [0.717, 1.165) is 0 Å². The van der Waals surface area contributed by atoms with Crippen LogP contribution in [-0.4, -0.2) is 18.0 Å². The van der Waals surface area contributed by atoms with Crippen molar-refractivity contribution in [2.75, 3.05) is 0 Å². The second kappa shape index (κ2) is 2.97. The molecule has 0 aromatic rings. The van der Waals surface area contributed by atoms with Crippen LogP contribution in [-0.2, 0) is 9.53 Å². The van der Waals surface area contributed by atoms with E-state index in [1.807, 2.05) is 13.8 Å². The van der Waals surface area contributed by atoms with E-state index in [9.17, 15) is 4.79 Å². The topological polar surface area (TPSA) is 26.3 Å². The highest BCUT2D eigenvalue weighted by Gasteiger charge is 2.19. The smallest absolute Gasteiger partial charge is 0.232 e. The lowest BCUT2D eigenvalue weighted by molar-refractivity contribution is -0.0105. The molecule has 0 atom stereocenters. The van der Waals surface area contributed by atoms with Crippen molar-refractivity contribution >= 4 is 6.29 Å². The Bertz CT molecular complexity index is 95.1. The summed E-state index contributed by atoms with van der Waals surface area (Å²) in [5, 5.41) is 0. The summed E-state index contributed by atoms with van der Waals surface area (Å²) in [5.74, 6) is 0. The van der Waals surface area contributed by atoms with Crippen molar-refractivity contribution < 1.29 is 9.53 Å². The van der Waals surface area contributed by atoms with Crippen molar-refractivity contribution in [2.45, 2.75) is 39.4 Å². The lowest BCUT2D eigenvalue weighted by Gasteiger charge is -2.19. The van der Waals surface area contributed by atoms with E-state index >= 15 is 0 Å². The molecule has 0 N–H and O–H groups in total. The third-order valence-electron chi connectivity index (χ3n) is 0.776. The number of hydrogen-bond acceptors (Lipinski definition) is 2. The Morgan fingerprint density at radius 3 is 2.00 bits per heavy atom. The molecule has 1 radical (unpaired) electrons. The molecule has 9 heavy (non-hydrogen) atoms. The zero-order valence-corrected chi connectivity index (χ0v) is 6.39. The maximum atomic E-state index is 10.1. The highest BCUT2D eigenvalue weighted by atomic mass is 16.5. The minimum atomic E-state index is -0.742. The maximum absolute atomic E-state index is 10.1. The highest BCUT2D eigenvalue weighted by Crippen LogP contribution is 2.07. The number of ether oxygens (including phenoxy) is 1. The van der Waals surface area contributed by atoms with Gasteiger partial charge in [-0.05, 0) is 27.7 Å². The van der Waals surface area contributed by atoms with Crippen molar-refractivity contribution in [3.63, 3.8) is 0 Å². The molecule has 0 unspecified atom stereocenters. The van der Waals surface area contributed by atoms with Crippen molar-refractivity contribution in [1.82, 2.24) is 0 Å². The van der Waals surface area contributed by atoms with E-state index in [1.54, 1.807) is 20.1 Å². The first-order valence-electron chi connectivity index (χ1n) is 3.05. The molecular formula is C7H13O2. The van der Waals surface area contributed by atoms with E-state index in [1.165, 1.54) is 0 Å². The van der Waals surface area contributed by atoms with E-state index in [0.29, 0.717) is 0 Å². The van der Waals surface area contributed by atoms with Crippen LogP contribution in [0.2, 0.25) is 0 Å². The van der Waals surface area contributed by atoms with E-state index in [4.69, 9.17) is 4.74 Å². The molecular weight excluding hydrogens is 116 g/mol. The van der Waals surface area contributed by atoms with Crippen LogP contribution in [0.1, 0.15) is 27.7 Å². The van der Waals surface area contributed by atoms with Crippen LogP contribution in [0.15, 0.2) is 0 Å². The monoisotopic (exact) mass is 129 g/mol. The summed E-state index contributed by atoms with van der Waals surface area (Å²) in [5.41, 5.74) is -0.742. The predicted molar refractivity (Wildman–Crippen MR) is 36.0 cm³/mol. The minimum Gasteiger partial charge on any atom is -0.365 e. The molecule has 0 spiro atoms. The molecule has 0 aliphatic heterocycles. The van der Waals surface area contributed by atoms with Gasteiger partial charge in [-0.2, -0.15) is 0 Å². The molecule has 0 saturated heterocycles. The van der Waals surface area contributed by atoms with Crippen molar-refractivity contribution in [2.24, 2.45) is 0 Å². The molecule has 2 nitrogen and oxygen atoms in total. The largest absolute Gasteiger partial charge is 0.365 e. The third-order valence-corrected chi connectivity index (χ3v) is 0.776. The number of hydrogen-bond donors (Lipinski definition) is 0. The van der Waals surface area contributed by atoms with Gasteiger partial charge in [0.15, 0.2) is 0 Å². The summed E-state index contributed by atoms with van der Waals surface area (Å²) in [6, 6.07) is 0. The fraction of sp³-hybridized carbons (Fsp3) is 0.857. The van der Waals surface area contributed by atoms with Gasteiger partial charge in [0.1, 0.15) is 5.60 Å². The molecule has 0 aromatic carbocycles. The molecule has 2 heteroatoms. The average molecular weight is 129 g/mol. The second-order valence-corrected chi connectivity index (χ2v) is 2.78. The van der Waals surface area contributed by atoms with Gasteiger partial charge < -0.3 is 4.74 Å². The fourth-order valence-electron chi connectivity index (χ4n) is 0.613. The van der Waals surface area contributed by atoms with Gasteiger partial charge in [0, 0.05) is 0 Å². The van der Waals surface area contributed by atoms with Gasteiger partial charge in [-0.3, -0.25) is 4.79 Å². The van der Waals surface area contributed by atoms with Crippen molar-refractivity contribution in [1.29, 1.82) is 0 Å². The van der Waals surface area contributed by atoms with E-state index < -0.39 is 5.60 Å². The normalized spacial score (nSPS) is 12.1. The van der Waals surface area contributed by atoms with Crippen LogP contribution in [0.3, 0.4) is 0 Å². The van der Waals surface area contributed by atoms with Crippen LogP contribution in [0.25, 0.3) is 0 Å². The summed E-state index contributed by atoms with van der Waals surface area (Å²) >= 11 is 0. The van der Waals surface area contributed by atoms with Gasteiger partial charge in [-0.1, -0.05) is 0 Å². The molecule has 0 aromatic heterocycles. The molecule has 0 saturated carbocycles. The van der Waals surface area contributed by atoms with Crippen LogP contribution in [0.5, 0.6) is 0 Å². The highest BCUT2D eigenvalue weighted by molar-refractivity contribution is 5.61. The SMILES string of the molecule is CC(C)OC(C)(C)[C]=O. The minimum absolute atomic E-state index is 0.0847. The second-order valence-electron chi connectivity index (χ2n) is 2.78. The van der Waals surface area contributed by atoms with Crippen LogP contribution in [0.4, 0.5) is 0 Å². The molecule has 53 valence electrons. The van der Waals surface area contributed by atoms with Crippen LogP contribution >= 0.6 is 0 Å². The first-order valence-corrected chi connectivity index (χ1v) is 3.05. The van der Waals surface area contributed by atoms with Gasteiger partial charge in [0.25, 0.3) is 0 Å². The Balaban J connectivity index is 3.71. The Hall–Kier alpha value is -0.370. The molecule has 0 fully saturated rings. The average Bonchev–Trinajstić information content (AvgIpc) is 1.63. The molecule has 0 bridgehead atoms. The van der Waals surface area contributed by atoms with Gasteiger partial charge in [0.2, 0.25) is 6.29 Å². The molecule has 0 aliphatic rings. The lowest BCUT2D eigenvalue weighted by atomic mass is 10.2. The number of carbonyl (C=O) groups excluding carboxylic acids is 1. The van der Waals surface area contributed by atoms with E-state index in [2.05, 4.69) is 0 Å². The third kappa shape index (κ3) is 4.15. The first-order chi connectivity index (χ1) is 3.98. The maximum Gasteiger partial charge on any atom is 0.232 e. The molecule has 0 amide bonds. The summed E-state index contributed by atoms with van der Waals surface area (Å²) in [6.07, 6.45) is 1.89. The molecule has 0 aliphatic carbocycles. The number of rotatable bonds is 3. The Morgan fingerprint density at radius 1 is 1.44 bits per heavy atom. The van der Waals surface area contributed by atoms with Crippen LogP contribution in [0, 0.1) is 0 Å². The van der Waals surface area contributed by atoms with Gasteiger partial charge in [-0.25, -0.2) is 0 Å². The Labute approximate surface area is 56.2 Å². The van der Waals surface area contributed by atoms with Crippen molar-refractivity contribution in [3.05, 3.63) is 0 Å². The quantitative estimate of drug-likeness (QED) is 0.574. The molecule has 0 rings (SSSR count). The van der Waals surface area contributed by atoms with Gasteiger partial charge >= 0.3 is 0 Å². The van der Waals surface area contributed by atoms with E-state index in [-0.39, 0.29) is 6.10 Å². The predicted octanol–water partition coefficient (Wildman–Crippen LogP) is 1.30. The molecule has 0 heterocycles. The Morgan fingerprint density at radius 2 is 1.89 bits per heavy atom. The summed E-state index contributed by atoms with van der Waals surface area (Å²) < 4.78 is 5.16. The zero-order chi connectivity index (χ0) is 7.49. The fourth-order valence-corrected chi connectivity index (χ4v) is 0.613. The Kier molecular flexibility index (Phi) is 2.85. The van der Waals surface area contributed by atoms with Crippen molar-refractivity contribution in [3.8, 4) is 0 Å². The van der Waals surface area contributed by atoms with Gasteiger partial charge in [-0.15, -0.1) is 0 Å². The summed E-state index contributed by atoms with van der Waals surface area (Å²) in [6.45, 7) is 7.16. The van der Waals surface area contributed by atoms with Gasteiger partial charge in [0.05, 0.1) is 6.10 Å². The first kappa shape index (κ1) is 8.63. The zero-order valence-electron chi connectivity index (χ0n) is 6.39.